The summed E-state index contributed by atoms with van der Waals surface area (Å²) >= 11 is 0. The molecule has 0 aromatic heterocycles. The molecule has 1 heterocycles. The van der Waals surface area contributed by atoms with Gasteiger partial charge in [-0.3, -0.25) is 14.9 Å². The van der Waals surface area contributed by atoms with Gasteiger partial charge in [-0.15, -0.1) is 0 Å². The zero-order chi connectivity index (χ0) is 23.6. The van der Waals surface area contributed by atoms with Crippen molar-refractivity contribution in [2.45, 2.75) is 44.1 Å². The van der Waals surface area contributed by atoms with Crippen molar-refractivity contribution in [3.63, 3.8) is 0 Å². The lowest BCUT2D eigenvalue weighted by Crippen LogP contribution is -2.47. The molecule has 4 N–H and O–H groups in total. The zero-order valence-corrected chi connectivity index (χ0v) is 18.1. The normalized spacial score (nSPS) is 17.1. The summed E-state index contributed by atoms with van der Waals surface area (Å²) in [6.45, 7) is 1.45. The van der Waals surface area contributed by atoms with Crippen molar-refractivity contribution in [3.8, 4) is 0 Å². The number of benzene rings is 2. The van der Waals surface area contributed by atoms with E-state index >= 15 is 0 Å². The van der Waals surface area contributed by atoms with Crippen molar-refractivity contribution in [3.05, 3.63) is 75.8 Å². The van der Waals surface area contributed by atoms with Crippen LogP contribution in [0.25, 0.3) is 0 Å². The van der Waals surface area contributed by atoms with Gasteiger partial charge < -0.3 is 25.8 Å². The van der Waals surface area contributed by atoms with Gasteiger partial charge in [0.15, 0.2) is 0 Å². The average Bonchev–Trinajstić information content (AvgIpc) is 3.31. The van der Waals surface area contributed by atoms with Crippen molar-refractivity contribution < 1.29 is 24.4 Å². The van der Waals surface area contributed by atoms with Crippen LogP contribution in [0.4, 0.5) is 10.5 Å². The molecular weight excluding hydrogens is 428 g/mol. The van der Waals surface area contributed by atoms with Gasteiger partial charge >= 0.3 is 6.09 Å². The summed E-state index contributed by atoms with van der Waals surface area (Å²) in [7, 11) is 0. The van der Waals surface area contributed by atoms with Crippen LogP contribution in [-0.2, 0) is 22.6 Å². The smallest absolute Gasteiger partial charge is 0.407 e. The van der Waals surface area contributed by atoms with E-state index in [9.17, 15) is 24.8 Å². The van der Waals surface area contributed by atoms with Gasteiger partial charge in [-0.2, -0.15) is 0 Å². The molecule has 2 aromatic carbocycles. The summed E-state index contributed by atoms with van der Waals surface area (Å²) in [5, 5.41) is 30.2. The van der Waals surface area contributed by atoms with Crippen molar-refractivity contribution in [2.24, 2.45) is 0 Å². The van der Waals surface area contributed by atoms with E-state index in [1.165, 1.54) is 24.3 Å². The number of carbonyl (C=O) groups is 2. The minimum atomic E-state index is -1.12. The Morgan fingerprint density at radius 2 is 1.88 bits per heavy atom. The van der Waals surface area contributed by atoms with Crippen molar-refractivity contribution >= 4 is 17.7 Å². The molecule has 10 heteroatoms. The minimum Gasteiger partial charge on any atom is -0.445 e. The minimum absolute atomic E-state index is 0.0388. The molecule has 2 amide bonds. The van der Waals surface area contributed by atoms with Crippen LogP contribution in [-0.4, -0.2) is 53.3 Å². The van der Waals surface area contributed by atoms with Crippen LogP contribution < -0.4 is 16.0 Å². The second kappa shape index (κ2) is 11.9. The van der Waals surface area contributed by atoms with E-state index in [2.05, 4.69) is 16.0 Å². The number of amides is 2. The number of nitro benzene ring substituents is 1. The zero-order valence-electron chi connectivity index (χ0n) is 18.1. The number of non-ortho nitro benzene ring substituents is 1. The van der Waals surface area contributed by atoms with Gasteiger partial charge in [-0.05, 0) is 42.6 Å². The predicted octanol–water partition coefficient (Wildman–Crippen LogP) is 1.66. The van der Waals surface area contributed by atoms with Crippen LogP contribution >= 0.6 is 0 Å². The molecule has 176 valence electrons. The second-order valence-corrected chi connectivity index (χ2v) is 7.97. The number of nitro groups is 1. The predicted molar refractivity (Wildman–Crippen MR) is 120 cm³/mol. The fourth-order valence-electron chi connectivity index (χ4n) is 3.60. The number of nitrogens with zero attached hydrogens (tertiary/aromatic N) is 1. The summed E-state index contributed by atoms with van der Waals surface area (Å²) < 4.78 is 5.22. The number of alkyl carbamates (subject to hydrolysis) is 1. The first-order chi connectivity index (χ1) is 15.9. The van der Waals surface area contributed by atoms with Crippen LogP contribution in [0.2, 0.25) is 0 Å². The molecule has 33 heavy (non-hydrogen) atoms. The average molecular weight is 456 g/mol. The number of hydrogen-bond acceptors (Lipinski definition) is 7. The SMILES string of the molecule is O=C(CC(O)C(Cc1ccccc1)NC(=O)OCc1ccc([N+](=O)[O-])cc1)N[C@H]1CCNC1. The Bertz CT molecular complexity index is 932. The molecule has 3 atom stereocenters. The van der Waals surface area contributed by atoms with Crippen LogP contribution in [0.3, 0.4) is 0 Å². The molecule has 0 radical (unpaired) electrons. The Kier molecular flexibility index (Phi) is 8.73. The molecule has 1 fully saturated rings. The summed E-state index contributed by atoms with van der Waals surface area (Å²) in [4.78, 5) is 35.0. The van der Waals surface area contributed by atoms with E-state index in [1.54, 1.807) is 0 Å². The van der Waals surface area contributed by atoms with E-state index in [1.807, 2.05) is 30.3 Å². The number of aliphatic hydroxyl groups excluding tert-OH is 1. The highest BCUT2D eigenvalue weighted by molar-refractivity contribution is 5.77. The molecule has 0 spiro atoms. The molecular formula is C23H28N4O6. The Balaban J connectivity index is 1.57. The fourth-order valence-corrected chi connectivity index (χ4v) is 3.60. The molecule has 0 saturated carbocycles. The lowest BCUT2D eigenvalue weighted by molar-refractivity contribution is -0.384. The summed E-state index contributed by atoms with van der Waals surface area (Å²) in [6.07, 6.45) is -0.883. The molecule has 1 aliphatic rings. The third-order valence-electron chi connectivity index (χ3n) is 5.40. The summed E-state index contributed by atoms with van der Waals surface area (Å²) in [6, 6.07) is 14.3. The van der Waals surface area contributed by atoms with Crippen LogP contribution in [0.5, 0.6) is 0 Å². The van der Waals surface area contributed by atoms with Crippen LogP contribution in [0.15, 0.2) is 54.6 Å². The Labute approximate surface area is 191 Å². The van der Waals surface area contributed by atoms with E-state index < -0.39 is 23.2 Å². The van der Waals surface area contributed by atoms with E-state index in [0.29, 0.717) is 18.5 Å². The highest BCUT2D eigenvalue weighted by atomic mass is 16.6. The number of nitrogens with one attached hydrogen (secondary N) is 3. The Hall–Kier alpha value is -3.50. The van der Waals surface area contributed by atoms with E-state index in [4.69, 9.17) is 4.74 Å². The lowest BCUT2D eigenvalue weighted by atomic mass is 9.99. The number of hydrogen-bond donors (Lipinski definition) is 4. The largest absolute Gasteiger partial charge is 0.445 e. The first-order valence-electron chi connectivity index (χ1n) is 10.8. The van der Waals surface area contributed by atoms with Gasteiger partial charge in [0.2, 0.25) is 5.91 Å². The van der Waals surface area contributed by atoms with Crippen LogP contribution in [0.1, 0.15) is 24.0 Å². The topological polar surface area (TPSA) is 143 Å². The molecule has 10 nitrogen and oxygen atoms in total. The van der Waals surface area contributed by atoms with Gasteiger partial charge in [0.25, 0.3) is 5.69 Å². The molecule has 1 aliphatic heterocycles. The third kappa shape index (κ3) is 7.85. The molecule has 2 unspecified atom stereocenters. The van der Waals surface area contributed by atoms with E-state index in [0.717, 1.165) is 18.5 Å². The van der Waals surface area contributed by atoms with Gasteiger partial charge in [-0.1, -0.05) is 30.3 Å². The first-order valence-corrected chi connectivity index (χ1v) is 10.8. The fraction of sp³-hybridized carbons (Fsp3) is 0.391. The number of rotatable bonds is 10. The summed E-state index contributed by atoms with van der Waals surface area (Å²) in [5.74, 6) is -0.282. The molecule has 1 saturated heterocycles. The summed E-state index contributed by atoms with van der Waals surface area (Å²) in [5.41, 5.74) is 1.42. The quantitative estimate of drug-likeness (QED) is 0.314. The second-order valence-electron chi connectivity index (χ2n) is 7.97. The monoisotopic (exact) mass is 456 g/mol. The number of aliphatic hydroxyl groups is 1. The maximum Gasteiger partial charge on any atom is 0.407 e. The highest BCUT2D eigenvalue weighted by Gasteiger charge is 2.26. The molecule has 3 rings (SSSR count). The maximum atomic E-state index is 12.4. The standard InChI is InChI=1S/C23H28N4O6/c28-21(13-22(29)25-18-10-11-24-14-18)20(12-16-4-2-1-3-5-16)26-23(30)33-15-17-6-8-19(9-7-17)27(31)32/h1-9,18,20-21,24,28H,10-15H2,(H,25,29)(H,26,30)/t18-,20?,21?/m0/s1. The Morgan fingerprint density at radius 1 is 1.15 bits per heavy atom. The Morgan fingerprint density at radius 3 is 2.52 bits per heavy atom. The van der Waals surface area contributed by atoms with Crippen molar-refractivity contribution in [1.29, 1.82) is 0 Å². The van der Waals surface area contributed by atoms with Crippen LogP contribution in [0, 0.1) is 10.1 Å². The van der Waals surface area contributed by atoms with E-state index in [-0.39, 0.29) is 30.7 Å². The van der Waals surface area contributed by atoms with Gasteiger partial charge in [-0.25, -0.2) is 4.79 Å². The highest BCUT2D eigenvalue weighted by Crippen LogP contribution is 2.13. The first kappa shape index (κ1) is 24.1. The number of ether oxygens (including phenoxy) is 1. The molecule has 0 aliphatic carbocycles. The van der Waals surface area contributed by atoms with Gasteiger partial charge in [0.05, 0.1) is 23.5 Å². The number of carbonyl (C=O) groups excluding carboxylic acids is 2. The van der Waals surface area contributed by atoms with Gasteiger partial charge in [0, 0.05) is 24.7 Å². The maximum absolute atomic E-state index is 12.4. The lowest BCUT2D eigenvalue weighted by Gasteiger charge is -2.24. The third-order valence-corrected chi connectivity index (χ3v) is 5.40. The molecule has 2 aromatic rings. The van der Waals surface area contributed by atoms with Gasteiger partial charge in [0.1, 0.15) is 6.61 Å². The van der Waals surface area contributed by atoms with Crippen molar-refractivity contribution in [1.82, 2.24) is 16.0 Å². The molecule has 0 bridgehead atoms. The van der Waals surface area contributed by atoms with Crippen molar-refractivity contribution in [2.75, 3.05) is 13.1 Å².